The summed E-state index contributed by atoms with van der Waals surface area (Å²) < 4.78 is 0. The fourth-order valence-corrected chi connectivity index (χ4v) is 3.75. The second-order valence-electron chi connectivity index (χ2n) is 7.31. The SMILES string of the molecule is CN=C(N)c1cc(-c2ccnc(CCc3ccccc3)c2)[nH]c1N1CCNCC1. The number of pyridine rings is 1. The summed E-state index contributed by atoms with van der Waals surface area (Å²) in [6.45, 7) is 3.83. The number of H-pyrrole nitrogens is 1. The van der Waals surface area contributed by atoms with Crippen molar-refractivity contribution in [2.45, 2.75) is 12.8 Å². The van der Waals surface area contributed by atoms with E-state index in [-0.39, 0.29) is 0 Å². The number of anilines is 1. The van der Waals surface area contributed by atoms with E-state index in [1.54, 1.807) is 7.05 Å². The molecule has 1 fully saturated rings. The van der Waals surface area contributed by atoms with E-state index < -0.39 is 0 Å². The predicted molar refractivity (Wildman–Crippen MR) is 120 cm³/mol. The number of aromatic amines is 1. The summed E-state index contributed by atoms with van der Waals surface area (Å²) in [5, 5.41) is 3.40. The van der Waals surface area contributed by atoms with Gasteiger partial charge in [-0.3, -0.25) is 9.98 Å². The van der Waals surface area contributed by atoms with Gasteiger partial charge in [-0.2, -0.15) is 0 Å². The minimum absolute atomic E-state index is 0.555. The Bertz CT molecular complexity index is 970. The second-order valence-corrected chi connectivity index (χ2v) is 7.31. The van der Waals surface area contributed by atoms with Gasteiger partial charge in [-0.05, 0) is 36.6 Å². The average Bonchev–Trinajstić information content (AvgIpc) is 3.24. The van der Waals surface area contributed by atoms with Crippen LogP contribution in [0.2, 0.25) is 0 Å². The number of aliphatic imine (C=N–C) groups is 1. The number of nitrogens with two attached hydrogens (primary N) is 1. The van der Waals surface area contributed by atoms with Crippen LogP contribution in [0.4, 0.5) is 5.82 Å². The third kappa shape index (κ3) is 4.49. The number of nitrogens with zero attached hydrogens (tertiary/aromatic N) is 3. The van der Waals surface area contributed by atoms with Crippen LogP contribution in [0, 0.1) is 0 Å². The lowest BCUT2D eigenvalue weighted by atomic mass is 10.1. The van der Waals surface area contributed by atoms with Crippen molar-refractivity contribution in [3.63, 3.8) is 0 Å². The number of amidine groups is 1. The van der Waals surface area contributed by atoms with Crippen molar-refractivity contribution >= 4 is 11.7 Å². The van der Waals surface area contributed by atoms with Gasteiger partial charge in [-0.1, -0.05) is 30.3 Å². The molecular formula is C23H28N6. The Morgan fingerprint density at radius 3 is 2.66 bits per heavy atom. The summed E-state index contributed by atoms with van der Waals surface area (Å²) in [5.41, 5.74) is 11.8. The highest BCUT2D eigenvalue weighted by Gasteiger charge is 2.20. The Morgan fingerprint density at radius 2 is 1.90 bits per heavy atom. The summed E-state index contributed by atoms with van der Waals surface area (Å²) in [7, 11) is 1.73. The van der Waals surface area contributed by atoms with E-state index in [1.807, 2.05) is 18.3 Å². The summed E-state index contributed by atoms with van der Waals surface area (Å²) in [6, 6.07) is 16.8. The fourth-order valence-electron chi connectivity index (χ4n) is 3.75. The highest BCUT2D eigenvalue weighted by atomic mass is 15.2. The van der Waals surface area contributed by atoms with E-state index in [0.29, 0.717) is 5.84 Å². The number of hydrogen-bond donors (Lipinski definition) is 3. The van der Waals surface area contributed by atoms with Crippen molar-refractivity contribution in [3.05, 3.63) is 71.5 Å². The van der Waals surface area contributed by atoms with E-state index in [4.69, 9.17) is 5.73 Å². The van der Waals surface area contributed by atoms with Crippen molar-refractivity contribution in [1.29, 1.82) is 0 Å². The van der Waals surface area contributed by atoms with Crippen LogP contribution in [0.1, 0.15) is 16.8 Å². The molecule has 0 atom stereocenters. The highest BCUT2D eigenvalue weighted by molar-refractivity contribution is 6.03. The molecule has 0 radical (unpaired) electrons. The molecule has 1 saturated heterocycles. The van der Waals surface area contributed by atoms with Gasteiger partial charge >= 0.3 is 0 Å². The van der Waals surface area contributed by atoms with Gasteiger partial charge in [0.15, 0.2) is 0 Å². The first-order valence-corrected chi connectivity index (χ1v) is 10.1. The molecule has 0 unspecified atom stereocenters. The first-order valence-electron chi connectivity index (χ1n) is 10.1. The Kier molecular flexibility index (Phi) is 5.91. The smallest absolute Gasteiger partial charge is 0.129 e. The van der Waals surface area contributed by atoms with E-state index >= 15 is 0 Å². The molecule has 1 aromatic carbocycles. The van der Waals surface area contributed by atoms with E-state index in [1.165, 1.54) is 5.56 Å². The number of piperazine rings is 1. The first-order chi connectivity index (χ1) is 14.2. The maximum Gasteiger partial charge on any atom is 0.129 e. The molecule has 150 valence electrons. The van der Waals surface area contributed by atoms with Gasteiger partial charge in [-0.15, -0.1) is 0 Å². The lowest BCUT2D eigenvalue weighted by Crippen LogP contribution is -2.44. The molecule has 0 spiro atoms. The zero-order chi connectivity index (χ0) is 20.1. The number of aromatic nitrogens is 2. The van der Waals surface area contributed by atoms with Crippen LogP contribution >= 0.6 is 0 Å². The Hall–Kier alpha value is -3.12. The molecule has 0 saturated carbocycles. The van der Waals surface area contributed by atoms with E-state index in [2.05, 4.69) is 61.6 Å². The summed E-state index contributed by atoms with van der Waals surface area (Å²) in [6.07, 6.45) is 3.78. The van der Waals surface area contributed by atoms with Crippen molar-refractivity contribution < 1.29 is 0 Å². The fraction of sp³-hybridized carbons (Fsp3) is 0.304. The minimum atomic E-state index is 0.555. The first kappa shape index (κ1) is 19.2. The van der Waals surface area contributed by atoms with Crippen molar-refractivity contribution in [2.75, 3.05) is 38.1 Å². The zero-order valence-electron chi connectivity index (χ0n) is 16.9. The molecule has 3 aromatic rings. The van der Waals surface area contributed by atoms with Gasteiger partial charge in [0.2, 0.25) is 0 Å². The Labute approximate surface area is 171 Å². The van der Waals surface area contributed by atoms with Gasteiger partial charge < -0.3 is 20.9 Å². The molecule has 6 heteroatoms. The maximum atomic E-state index is 6.21. The number of benzene rings is 1. The number of rotatable bonds is 6. The molecule has 4 rings (SSSR count). The van der Waals surface area contributed by atoms with Gasteiger partial charge in [0.05, 0.1) is 5.56 Å². The van der Waals surface area contributed by atoms with Crippen LogP contribution in [0.25, 0.3) is 11.3 Å². The lowest BCUT2D eigenvalue weighted by molar-refractivity contribution is 0.585. The van der Waals surface area contributed by atoms with Crippen LogP contribution in [0.5, 0.6) is 0 Å². The van der Waals surface area contributed by atoms with Crippen molar-refractivity contribution in [1.82, 2.24) is 15.3 Å². The molecule has 1 aliphatic rings. The van der Waals surface area contributed by atoms with Crippen LogP contribution < -0.4 is 16.0 Å². The lowest BCUT2D eigenvalue weighted by Gasteiger charge is -2.29. The number of aryl methyl sites for hydroxylation is 2. The van der Waals surface area contributed by atoms with Crippen LogP contribution in [0.15, 0.2) is 59.7 Å². The summed E-state index contributed by atoms with van der Waals surface area (Å²) in [5.74, 6) is 1.60. The van der Waals surface area contributed by atoms with Crippen LogP contribution in [-0.4, -0.2) is 49.0 Å². The molecule has 0 bridgehead atoms. The van der Waals surface area contributed by atoms with Gasteiger partial charge in [0, 0.05) is 56.4 Å². The largest absolute Gasteiger partial charge is 0.383 e. The number of hydrogen-bond acceptors (Lipinski definition) is 4. The standard InChI is InChI=1S/C23H28N6/c1-25-22(24)20-16-21(28-23(20)29-13-11-26-12-14-29)18-9-10-27-19(15-18)8-7-17-5-3-2-4-6-17/h2-6,9-10,15-16,26,28H,7-8,11-14H2,1H3,(H2,24,25). The van der Waals surface area contributed by atoms with E-state index in [0.717, 1.165) is 67.4 Å². The summed E-state index contributed by atoms with van der Waals surface area (Å²) >= 11 is 0. The normalized spacial score (nSPS) is 14.9. The molecule has 6 nitrogen and oxygen atoms in total. The quantitative estimate of drug-likeness (QED) is 0.448. The Balaban J connectivity index is 1.59. The third-order valence-corrected chi connectivity index (χ3v) is 5.39. The second kappa shape index (κ2) is 8.92. The summed E-state index contributed by atoms with van der Waals surface area (Å²) in [4.78, 5) is 14.7. The molecule has 29 heavy (non-hydrogen) atoms. The van der Waals surface area contributed by atoms with Crippen LogP contribution in [0.3, 0.4) is 0 Å². The minimum Gasteiger partial charge on any atom is -0.383 e. The van der Waals surface area contributed by atoms with Gasteiger partial charge in [0.1, 0.15) is 11.7 Å². The highest BCUT2D eigenvalue weighted by Crippen LogP contribution is 2.28. The third-order valence-electron chi connectivity index (χ3n) is 5.39. The Morgan fingerprint density at radius 1 is 1.10 bits per heavy atom. The molecule has 0 amide bonds. The van der Waals surface area contributed by atoms with E-state index in [9.17, 15) is 0 Å². The zero-order valence-corrected chi connectivity index (χ0v) is 16.9. The predicted octanol–water partition coefficient (Wildman–Crippen LogP) is 2.61. The maximum absolute atomic E-state index is 6.21. The topological polar surface area (TPSA) is 82.3 Å². The van der Waals surface area contributed by atoms with Gasteiger partial charge in [0.25, 0.3) is 0 Å². The van der Waals surface area contributed by atoms with Crippen LogP contribution in [-0.2, 0) is 12.8 Å². The number of nitrogens with one attached hydrogen (secondary N) is 2. The molecule has 1 aliphatic heterocycles. The molecule has 0 aliphatic carbocycles. The van der Waals surface area contributed by atoms with Crippen molar-refractivity contribution in [3.8, 4) is 11.3 Å². The molecular weight excluding hydrogens is 360 g/mol. The average molecular weight is 389 g/mol. The molecule has 4 N–H and O–H groups in total. The molecule has 3 heterocycles. The van der Waals surface area contributed by atoms with Crippen molar-refractivity contribution in [2.24, 2.45) is 10.7 Å². The molecule has 2 aromatic heterocycles. The van der Waals surface area contributed by atoms with Gasteiger partial charge in [-0.25, -0.2) is 0 Å². The monoisotopic (exact) mass is 388 g/mol.